The Labute approximate surface area is 128 Å². The fourth-order valence-corrected chi connectivity index (χ4v) is 3.53. The zero-order valence-electron chi connectivity index (χ0n) is 12.4. The Balaban J connectivity index is 1.43. The normalized spacial score (nSPS) is 25.8. The Kier molecular flexibility index (Phi) is 3.13. The van der Waals surface area contributed by atoms with Crippen molar-refractivity contribution in [2.24, 2.45) is 17.8 Å². The fourth-order valence-electron chi connectivity index (χ4n) is 3.53. The van der Waals surface area contributed by atoms with E-state index >= 15 is 0 Å². The second-order valence-electron chi connectivity index (χ2n) is 6.05. The minimum Gasteiger partial charge on any atom is -0.497 e. The minimum atomic E-state index is 0.108. The van der Waals surface area contributed by atoms with Crippen LogP contribution >= 0.6 is 0 Å². The summed E-state index contributed by atoms with van der Waals surface area (Å²) in [6.45, 7) is 0.327. The molecule has 1 aromatic carbocycles. The number of rotatable bonds is 4. The number of carbonyl (C=O) groups excluding carboxylic acids is 1. The van der Waals surface area contributed by atoms with Gasteiger partial charge in [-0.1, -0.05) is 12.2 Å². The Morgan fingerprint density at radius 1 is 1.41 bits per heavy atom. The van der Waals surface area contributed by atoms with Crippen LogP contribution in [0.4, 0.5) is 0 Å². The quantitative estimate of drug-likeness (QED) is 0.881. The van der Waals surface area contributed by atoms with Gasteiger partial charge in [0.1, 0.15) is 11.3 Å². The number of ether oxygens (including phenoxy) is 1. The van der Waals surface area contributed by atoms with Crippen molar-refractivity contribution < 1.29 is 13.9 Å². The lowest BCUT2D eigenvalue weighted by atomic mass is 9.93. The maximum absolute atomic E-state index is 12.3. The summed E-state index contributed by atoms with van der Waals surface area (Å²) >= 11 is 0. The van der Waals surface area contributed by atoms with Crippen LogP contribution in [-0.4, -0.2) is 18.0 Å². The summed E-state index contributed by atoms with van der Waals surface area (Å²) in [7, 11) is 1.62. The van der Waals surface area contributed by atoms with Crippen LogP contribution in [0.3, 0.4) is 0 Å². The number of methoxy groups -OCH3 is 1. The summed E-state index contributed by atoms with van der Waals surface area (Å²) in [6, 6.07) is 5.48. The lowest BCUT2D eigenvalue weighted by Gasteiger charge is -2.16. The van der Waals surface area contributed by atoms with Gasteiger partial charge in [-0.25, -0.2) is 4.98 Å². The van der Waals surface area contributed by atoms with Crippen molar-refractivity contribution in [3.8, 4) is 5.75 Å². The molecule has 2 aliphatic carbocycles. The van der Waals surface area contributed by atoms with E-state index in [0.29, 0.717) is 29.9 Å². The Morgan fingerprint density at radius 3 is 3.05 bits per heavy atom. The molecule has 2 aromatic rings. The molecule has 0 saturated heterocycles. The fraction of sp³-hybridized carbons (Fsp3) is 0.412. The summed E-state index contributed by atoms with van der Waals surface area (Å²) in [4.78, 5) is 16.7. The lowest BCUT2D eigenvalue weighted by molar-refractivity contribution is -0.126. The average molecular weight is 298 g/mol. The van der Waals surface area contributed by atoms with Crippen LogP contribution in [0.5, 0.6) is 5.75 Å². The Hall–Kier alpha value is -2.30. The highest BCUT2D eigenvalue weighted by atomic mass is 16.5. The second kappa shape index (κ2) is 5.16. The highest BCUT2D eigenvalue weighted by molar-refractivity contribution is 5.80. The Bertz CT molecular complexity index is 749. The molecule has 5 nitrogen and oxygen atoms in total. The number of aromatic nitrogens is 1. The van der Waals surface area contributed by atoms with E-state index in [4.69, 9.17) is 9.15 Å². The third-order valence-corrected chi connectivity index (χ3v) is 4.67. The zero-order valence-corrected chi connectivity index (χ0v) is 12.4. The third kappa shape index (κ3) is 2.26. The molecule has 22 heavy (non-hydrogen) atoms. The van der Waals surface area contributed by atoms with Crippen LogP contribution in [0.25, 0.3) is 11.1 Å². The Morgan fingerprint density at radius 2 is 2.32 bits per heavy atom. The molecule has 3 atom stereocenters. The van der Waals surface area contributed by atoms with Gasteiger partial charge in [0.25, 0.3) is 0 Å². The van der Waals surface area contributed by atoms with Crippen LogP contribution < -0.4 is 10.1 Å². The van der Waals surface area contributed by atoms with Gasteiger partial charge in [-0.3, -0.25) is 4.79 Å². The molecule has 1 saturated carbocycles. The molecule has 1 amide bonds. The van der Waals surface area contributed by atoms with E-state index in [1.54, 1.807) is 7.11 Å². The van der Waals surface area contributed by atoms with Crippen molar-refractivity contribution in [2.45, 2.75) is 19.4 Å². The molecule has 0 aliphatic heterocycles. The largest absolute Gasteiger partial charge is 0.497 e. The number of hydrogen-bond donors (Lipinski definition) is 1. The number of carbonyl (C=O) groups is 1. The van der Waals surface area contributed by atoms with E-state index in [1.807, 2.05) is 18.2 Å². The number of amides is 1. The summed E-state index contributed by atoms with van der Waals surface area (Å²) in [5, 5.41) is 2.95. The first-order valence-electron chi connectivity index (χ1n) is 7.62. The molecular formula is C17H18N2O3. The van der Waals surface area contributed by atoms with Gasteiger partial charge in [-0.2, -0.15) is 0 Å². The second-order valence-corrected chi connectivity index (χ2v) is 6.05. The summed E-state index contributed by atoms with van der Waals surface area (Å²) in [6.07, 6.45) is 6.52. The predicted octanol–water partition coefficient (Wildman–Crippen LogP) is 2.66. The average Bonchev–Trinajstić information content (AvgIpc) is 3.25. The molecule has 0 spiro atoms. The van der Waals surface area contributed by atoms with Crippen LogP contribution in [0.1, 0.15) is 18.7 Å². The van der Waals surface area contributed by atoms with Gasteiger partial charge in [0.05, 0.1) is 13.7 Å². The number of allylic oxidation sites excluding steroid dienone is 2. The van der Waals surface area contributed by atoms with E-state index in [1.165, 1.54) is 0 Å². The van der Waals surface area contributed by atoms with E-state index in [0.717, 1.165) is 24.1 Å². The summed E-state index contributed by atoms with van der Waals surface area (Å²) in [5.74, 6) is 2.49. The molecule has 4 rings (SSSR count). The highest BCUT2D eigenvalue weighted by Crippen LogP contribution is 2.43. The van der Waals surface area contributed by atoms with Gasteiger partial charge in [0.2, 0.25) is 11.8 Å². The first-order chi connectivity index (χ1) is 10.7. The van der Waals surface area contributed by atoms with E-state index in [9.17, 15) is 4.79 Å². The number of nitrogens with zero attached hydrogens (tertiary/aromatic N) is 1. The van der Waals surface area contributed by atoms with Crippen molar-refractivity contribution in [3.05, 3.63) is 36.2 Å². The summed E-state index contributed by atoms with van der Waals surface area (Å²) in [5.41, 5.74) is 1.44. The SMILES string of the molecule is COc1ccc2oc(CNC(=O)[C@H]3C[C@@H]4C=C[C@H]3C4)nc2c1. The van der Waals surface area contributed by atoms with Crippen LogP contribution in [0.2, 0.25) is 0 Å². The van der Waals surface area contributed by atoms with E-state index in [-0.39, 0.29) is 11.8 Å². The van der Waals surface area contributed by atoms with Gasteiger partial charge in [0, 0.05) is 12.0 Å². The van der Waals surface area contributed by atoms with Gasteiger partial charge in [-0.05, 0) is 36.8 Å². The number of oxazole rings is 1. The molecule has 1 fully saturated rings. The maximum atomic E-state index is 12.3. The molecule has 2 aliphatic rings. The van der Waals surface area contributed by atoms with Crippen molar-refractivity contribution in [1.82, 2.24) is 10.3 Å². The van der Waals surface area contributed by atoms with Gasteiger partial charge >= 0.3 is 0 Å². The standard InChI is InChI=1S/C17H18N2O3/c1-21-12-4-5-15-14(8-12)19-16(22-15)9-18-17(20)13-7-10-2-3-11(13)6-10/h2-5,8,10-11,13H,6-7,9H2,1H3,(H,18,20)/t10-,11+,13+/m1/s1. The topological polar surface area (TPSA) is 64.4 Å². The number of fused-ring (bicyclic) bond motifs is 3. The van der Waals surface area contributed by atoms with Crippen LogP contribution in [-0.2, 0) is 11.3 Å². The number of hydrogen-bond acceptors (Lipinski definition) is 4. The number of nitrogens with one attached hydrogen (secondary N) is 1. The van der Waals surface area contributed by atoms with Crippen molar-refractivity contribution >= 4 is 17.0 Å². The minimum absolute atomic E-state index is 0.108. The molecule has 1 heterocycles. The molecular weight excluding hydrogens is 280 g/mol. The van der Waals surface area contributed by atoms with Crippen LogP contribution in [0, 0.1) is 17.8 Å². The predicted molar refractivity (Wildman–Crippen MR) is 81.3 cm³/mol. The highest BCUT2D eigenvalue weighted by Gasteiger charge is 2.39. The van der Waals surface area contributed by atoms with Crippen molar-refractivity contribution in [1.29, 1.82) is 0 Å². The zero-order chi connectivity index (χ0) is 15.1. The third-order valence-electron chi connectivity index (χ3n) is 4.67. The molecule has 0 unspecified atom stereocenters. The maximum Gasteiger partial charge on any atom is 0.224 e. The number of benzene rings is 1. The summed E-state index contributed by atoms with van der Waals surface area (Å²) < 4.78 is 10.8. The van der Waals surface area contributed by atoms with Gasteiger partial charge in [0.15, 0.2) is 5.58 Å². The van der Waals surface area contributed by atoms with Gasteiger partial charge < -0.3 is 14.5 Å². The lowest BCUT2D eigenvalue weighted by Crippen LogP contribution is -2.32. The van der Waals surface area contributed by atoms with E-state index in [2.05, 4.69) is 22.5 Å². The molecule has 1 aromatic heterocycles. The molecule has 5 heteroatoms. The molecule has 114 valence electrons. The van der Waals surface area contributed by atoms with Crippen molar-refractivity contribution in [2.75, 3.05) is 7.11 Å². The monoisotopic (exact) mass is 298 g/mol. The molecule has 2 bridgehead atoms. The smallest absolute Gasteiger partial charge is 0.224 e. The van der Waals surface area contributed by atoms with E-state index < -0.39 is 0 Å². The first kappa shape index (κ1) is 13.4. The van der Waals surface area contributed by atoms with Crippen LogP contribution in [0.15, 0.2) is 34.8 Å². The molecule has 1 N–H and O–H groups in total. The first-order valence-corrected chi connectivity index (χ1v) is 7.62. The molecule has 0 radical (unpaired) electrons. The van der Waals surface area contributed by atoms with Crippen molar-refractivity contribution in [3.63, 3.8) is 0 Å². The van der Waals surface area contributed by atoms with Gasteiger partial charge in [-0.15, -0.1) is 0 Å².